The van der Waals surface area contributed by atoms with Crippen LogP contribution in [0.5, 0.6) is 0 Å². The highest BCUT2D eigenvalue weighted by Crippen LogP contribution is 2.06. The van der Waals surface area contributed by atoms with Crippen molar-refractivity contribution in [3.05, 3.63) is 11.8 Å². The van der Waals surface area contributed by atoms with Crippen molar-refractivity contribution in [2.75, 3.05) is 25.6 Å². The standard InChI is InChI=1S/C8H16N4O2S/c1-7-6-12(10-8(7)9)4-5-15(13,14)11(2)3/h6H,4-5H2,1-3H3,(H2,9,10). The van der Waals surface area contributed by atoms with Crippen LogP contribution in [0.15, 0.2) is 6.20 Å². The number of nitrogen functional groups attached to an aromatic ring is 1. The molecule has 1 aromatic heterocycles. The Kier molecular flexibility index (Phi) is 3.35. The lowest BCUT2D eigenvalue weighted by Gasteiger charge is -2.10. The molecule has 0 aliphatic carbocycles. The molecule has 0 unspecified atom stereocenters. The van der Waals surface area contributed by atoms with Gasteiger partial charge in [0, 0.05) is 25.9 Å². The second-order valence-electron chi connectivity index (χ2n) is 3.56. The summed E-state index contributed by atoms with van der Waals surface area (Å²) in [5.74, 6) is 0.470. The summed E-state index contributed by atoms with van der Waals surface area (Å²) >= 11 is 0. The largest absolute Gasteiger partial charge is 0.382 e. The maximum Gasteiger partial charge on any atom is 0.215 e. The number of sulfonamides is 1. The van der Waals surface area contributed by atoms with E-state index in [-0.39, 0.29) is 5.75 Å². The molecule has 1 aromatic rings. The number of nitrogens with two attached hydrogens (primary N) is 1. The molecule has 0 atom stereocenters. The van der Waals surface area contributed by atoms with Gasteiger partial charge >= 0.3 is 0 Å². The van der Waals surface area contributed by atoms with Gasteiger partial charge in [0.05, 0.1) is 12.3 Å². The fourth-order valence-corrected chi connectivity index (χ4v) is 1.82. The summed E-state index contributed by atoms with van der Waals surface area (Å²) in [5.41, 5.74) is 6.41. The summed E-state index contributed by atoms with van der Waals surface area (Å²) in [7, 11) is -0.144. The molecule has 2 N–H and O–H groups in total. The summed E-state index contributed by atoms with van der Waals surface area (Å²) in [5, 5.41) is 3.98. The number of aromatic nitrogens is 2. The van der Waals surface area contributed by atoms with Gasteiger partial charge in [-0.25, -0.2) is 12.7 Å². The molecule has 0 aliphatic rings. The number of anilines is 1. The molecular weight excluding hydrogens is 216 g/mol. The van der Waals surface area contributed by atoms with Gasteiger partial charge in [-0.15, -0.1) is 0 Å². The molecule has 15 heavy (non-hydrogen) atoms. The smallest absolute Gasteiger partial charge is 0.215 e. The summed E-state index contributed by atoms with van der Waals surface area (Å²) in [6, 6.07) is 0. The van der Waals surface area contributed by atoms with Crippen LogP contribution in [0.25, 0.3) is 0 Å². The Hall–Kier alpha value is -1.08. The molecule has 0 bridgehead atoms. The van der Waals surface area contributed by atoms with Gasteiger partial charge in [0.2, 0.25) is 10.0 Å². The lowest BCUT2D eigenvalue weighted by molar-refractivity contribution is 0.511. The van der Waals surface area contributed by atoms with E-state index in [0.717, 1.165) is 5.56 Å². The third-order valence-electron chi connectivity index (χ3n) is 2.12. The minimum absolute atomic E-state index is 0.0283. The van der Waals surface area contributed by atoms with Crippen molar-refractivity contribution < 1.29 is 8.42 Å². The Balaban J connectivity index is 2.66. The molecule has 1 rings (SSSR count). The van der Waals surface area contributed by atoms with Gasteiger partial charge in [-0.1, -0.05) is 0 Å². The summed E-state index contributed by atoms with van der Waals surface area (Å²) in [6.45, 7) is 2.15. The van der Waals surface area contributed by atoms with Crippen molar-refractivity contribution in [1.29, 1.82) is 0 Å². The molecular formula is C8H16N4O2S. The molecule has 0 saturated carbocycles. The van der Waals surface area contributed by atoms with E-state index < -0.39 is 10.0 Å². The second kappa shape index (κ2) is 4.19. The highest BCUT2D eigenvalue weighted by atomic mass is 32.2. The van der Waals surface area contributed by atoms with E-state index in [9.17, 15) is 8.42 Å². The first-order valence-corrected chi connectivity index (χ1v) is 6.13. The van der Waals surface area contributed by atoms with Crippen molar-refractivity contribution in [3.63, 3.8) is 0 Å². The van der Waals surface area contributed by atoms with Crippen LogP contribution in [0.4, 0.5) is 5.82 Å². The molecule has 0 aliphatic heterocycles. The Bertz CT molecular complexity index is 416. The summed E-state index contributed by atoms with van der Waals surface area (Å²) in [6.07, 6.45) is 1.74. The van der Waals surface area contributed by atoms with Crippen molar-refractivity contribution in [3.8, 4) is 0 Å². The molecule has 1 heterocycles. The summed E-state index contributed by atoms with van der Waals surface area (Å²) in [4.78, 5) is 0. The number of nitrogens with zero attached hydrogens (tertiary/aromatic N) is 3. The zero-order valence-corrected chi connectivity index (χ0v) is 9.95. The average molecular weight is 232 g/mol. The van der Waals surface area contributed by atoms with Crippen LogP contribution < -0.4 is 5.73 Å². The molecule has 0 fully saturated rings. The highest BCUT2D eigenvalue weighted by Gasteiger charge is 2.13. The number of hydrogen-bond donors (Lipinski definition) is 1. The number of aryl methyl sites for hydroxylation is 2. The lowest BCUT2D eigenvalue weighted by Crippen LogP contribution is -2.27. The Morgan fingerprint density at radius 2 is 2.13 bits per heavy atom. The second-order valence-corrected chi connectivity index (χ2v) is 5.86. The van der Waals surface area contributed by atoms with Crippen LogP contribution in [0.1, 0.15) is 5.56 Å². The normalized spacial score (nSPS) is 12.3. The van der Waals surface area contributed by atoms with Crippen LogP contribution in [-0.4, -0.2) is 42.4 Å². The Morgan fingerprint density at radius 1 is 1.53 bits per heavy atom. The van der Waals surface area contributed by atoms with Gasteiger partial charge in [-0.05, 0) is 6.92 Å². The lowest BCUT2D eigenvalue weighted by atomic mass is 10.4. The van der Waals surface area contributed by atoms with Gasteiger partial charge in [0.1, 0.15) is 5.82 Å². The van der Waals surface area contributed by atoms with Gasteiger partial charge in [0.15, 0.2) is 0 Å². The molecule has 6 nitrogen and oxygen atoms in total. The van der Waals surface area contributed by atoms with Crippen molar-refractivity contribution in [2.24, 2.45) is 0 Å². The van der Waals surface area contributed by atoms with E-state index in [4.69, 9.17) is 5.73 Å². The topological polar surface area (TPSA) is 81.2 Å². The predicted octanol–water partition coefficient (Wildman–Crippen LogP) is -0.335. The van der Waals surface area contributed by atoms with E-state index in [1.807, 2.05) is 6.92 Å². The van der Waals surface area contributed by atoms with Crippen molar-refractivity contribution in [2.45, 2.75) is 13.5 Å². The van der Waals surface area contributed by atoms with Gasteiger partial charge in [0.25, 0.3) is 0 Å². The van der Waals surface area contributed by atoms with E-state index in [2.05, 4.69) is 5.10 Å². The zero-order valence-electron chi connectivity index (χ0n) is 9.14. The predicted molar refractivity (Wildman–Crippen MR) is 58.9 cm³/mol. The third-order valence-corrected chi connectivity index (χ3v) is 3.93. The maximum atomic E-state index is 11.4. The van der Waals surface area contributed by atoms with Crippen molar-refractivity contribution in [1.82, 2.24) is 14.1 Å². The van der Waals surface area contributed by atoms with Gasteiger partial charge in [-0.2, -0.15) is 5.10 Å². The first-order chi connectivity index (χ1) is 6.83. The van der Waals surface area contributed by atoms with Gasteiger partial charge < -0.3 is 5.73 Å². The number of hydrogen-bond acceptors (Lipinski definition) is 4. The monoisotopic (exact) mass is 232 g/mol. The highest BCUT2D eigenvalue weighted by molar-refractivity contribution is 7.89. The van der Waals surface area contributed by atoms with E-state index >= 15 is 0 Å². The van der Waals surface area contributed by atoms with Crippen LogP contribution >= 0.6 is 0 Å². The van der Waals surface area contributed by atoms with Crippen LogP contribution in [0.2, 0.25) is 0 Å². The van der Waals surface area contributed by atoms with Gasteiger partial charge in [-0.3, -0.25) is 4.68 Å². The fourth-order valence-electron chi connectivity index (χ4n) is 1.04. The first kappa shape index (κ1) is 12.0. The Labute approximate surface area is 89.7 Å². The molecule has 0 spiro atoms. The minimum atomic E-state index is -3.17. The SMILES string of the molecule is Cc1cn(CCS(=O)(=O)N(C)C)nc1N. The third kappa shape index (κ3) is 2.93. The summed E-state index contributed by atoms with van der Waals surface area (Å²) < 4.78 is 25.6. The fraction of sp³-hybridized carbons (Fsp3) is 0.625. The van der Waals surface area contributed by atoms with E-state index in [1.165, 1.54) is 18.4 Å². The van der Waals surface area contributed by atoms with Crippen LogP contribution in [-0.2, 0) is 16.6 Å². The Morgan fingerprint density at radius 3 is 2.53 bits per heavy atom. The quantitative estimate of drug-likeness (QED) is 0.770. The molecule has 0 aromatic carbocycles. The van der Waals surface area contributed by atoms with Crippen molar-refractivity contribution >= 4 is 15.8 Å². The zero-order chi connectivity index (χ0) is 11.6. The van der Waals surface area contributed by atoms with Crippen LogP contribution in [0, 0.1) is 6.92 Å². The van der Waals surface area contributed by atoms with E-state index in [0.29, 0.717) is 12.4 Å². The van der Waals surface area contributed by atoms with E-state index in [1.54, 1.807) is 10.9 Å². The molecule has 86 valence electrons. The first-order valence-electron chi connectivity index (χ1n) is 4.52. The number of rotatable bonds is 4. The molecule has 7 heteroatoms. The molecule has 0 amide bonds. The average Bonchev–Trinajstić information content (AvgIpc) is 2.43. The maximum absolute atomic E-state index is 11.4. The van der Waals surface area contributed by atoms with Crippen LogP contribution in [0.3, 0.4) is 0 Å². The molecule has 0 saturated heterocycles. The molecule has 0 radical (unpaired) electrons. The minimum Gasteiger partial charge on any atom is -0.382 e.